The van der Waals surface area contributed by atoms with E-state index in [9.17, 15) is 4.79 Å². The van der Waals surface area contributed by atoms with Crippen molar-refractivity contribution in [2.75, 3.05) is 13.2 Å². The lowest BCUT2D eigenvalue weighted by atomic mass is 9.88. The van der Waals surface area contributed by atoms with Crippen LogP contribution in [0.25, 0.3) is 11.4 Å². The maximum absolute atomic E-state index is 12.3. The van der Waals surface area contributed by atoms with Crippen molar-refractivity contribution < 1.29 is 9.53 Å². The molecule has 0 bridgehead atoms. The summed E-state index contributed by atoms with van der Waals surface area (Å²) in [7, 11) is 0. The third-order valence-corrected chi connectivity index (χ3v) is 3.76. The van der Waals surface area contributed by atoms with Gasteiger partial charge < -0.3 is 10.1 Å². The number of carbonyl (C=O) groups is 1. The average Bonchev–Trinajstić information content (AvgIpc) is 2.61. The second kappa shape index (κ2) is 8.44. The van der Waals surface area contributed by atoms with Gasteiger partial charge in [-0.15, -0.1) is 20.4 Å². The fourth-order valence-corrected chi connectivity index (χ4v) is 2.10. The topological polar surface area (TPSA) is 89.9 Å². The van der Waals surface area contributed by atoms with Crippen LogP contribution in [0.5, 0.6) is 0 Å². The summed E-state index contributed by atoms with van der Waals surface area (Å²) < 4.78 is 5.34. The lowest BCUT2D eigenvalue weighted by molar-refractivity contribution is -0.130. The van der Waals surface area contributed by atoms with E-state index in [1.54, 1.807) is 0 Å². The van der Waals surface area contributed by atoms with E-state index >= 15 is 0 Å². The van der Waals surface area contributed by atoms with Gasteiger partial charge >= 0.3 is 0 Å². The van der Waals surface area contributed by atoms with Gasteiger partial charge in [0.2, 0.25) is 11.7 Å². The maximum Gasteiger partial charge on any atom is 0.226 e. The standard InChI is InChI=1S/C17H23N5O2/c1-4-24-10-9-17(2,3)16(23)18-11-13-5-7-14(8-6-13)15-21-19-12-20-22-15/h5-8,12H,4,9-11H2,1-3H3,(H,18,23). The molecule has 7 nitrogen and oxygen atoms in total. The highest BCUT2D eigenvalue weighted by Gasteiger charge is 2.26. The number of hydrogen-bond donors (Lipinski definition) is 1. The molecule has 0 saturated carbocycles. The molecule has 24 heavy (non-hydrogen) atoms. The van der Waals surface area contributed by atoms with Crippen molar-refractivity contribution in [1.82, 2.24) is 25.7 Å². The second-order valence-corrected chi connectivity index (χ2v) is 6.08. The van der Waals surface area contributed by atoms with Crippen molar-refractivity contribution in [1.29, 1.82) is 0 Å². The van der Waals surface area contributed by atoms with E-state index in [4.69, 9.17) is 4.74 Å². The third kappa shape index (κ3) is 5.06. The Morgan fingerprint density at radius 2 is 1.83 bits per heavy atom. The first kappa shape index (κ1) is 17.9. The minimum absolute atomic E-state index is 0.0195. The molecule has 0 atom stereocenters. The van der Waals surface area contributed by atoms with E-state index in [1.165, 1.54) is 6.33 Å². The van der Waals surface area contributed by atoms with Gasteiger partial charge in [-0.05, 0) is 18.9 Å². The Balaban J connectivity index is 1.89. The number of rotatable bonds is 8. The van der Waals surface area contributed by atoms with Crippen LogP contribution in [0.3, 0.4) is 0 Å². The van der Waals surface area contributed by atoms with Crippen molar-refractivity contribution >= 4 is 5.91 Å². The third-order valence-electron chi connectivity index (χ3n) is 3.76. The number of amides is 1. The molecule has 2 aromatic rings. The summed E-state index contributed by atoms with van der Waals surface area (Å²) in [4.78, 5) is 12.3. The predicted molar refractivity (Wildman–Crippen MR) is 89.8 cm³/mol. The van der Waals surface area contributed by atoms with Gasteiger partial charge in [-0.25, -0.2) is 0 Å². The number of aromatic nitrogens is 4. The molecule has 1 aromatic carbocycles. The summed E-state index contributed by atoms with van der Waals surface area (Å²) >= 11 is 0. The molecule has 0 aliphatic rings. The van der Waals surface area contributed by atoms with E-state index in [-0.39, 0.29) is 5.91 Å². The molecule has 2 rings (SSSR count). The highest BCUT2D eigenvalue weighted by molar-refractivity contribution is 5.81. The van der Waals surface area contributed by atoms with Crippen LogP contribution >= 0.6 is 0 Å². The number of benzene rings is 1. The molecule has 0 saturated heterocycles. The zero-order chi connectivity index (χ0) is 17.4. The molecule has 1 amide bonds. The molecule has 0 radical (unpaired) electrons. The number of carbonyl (C=O) groups excluding carboxylic acids is 1. The number of ether oxygens (including phenoxy) is 1. The summed E-state index contributed by atoms with van der Waals surface area (Å²) in [6.07, 6.45) is 1.98. The van der Waals surface area contributed by atoms with Crippen molar-refractivity contribution in [3.8, 4) is 11.4 Å². The lowest BCUT2D eigenvalue weighted by Crippen LogP contribution is -2.37. The molecule has 1 aromatic heterocycles. The van der Waals surface area contributed by atoms with Gasteiger partial charge in [0.05, 0.1) is 0 Å². The highest BCUT2D eigenvalue weighted by Crippen LogP contribution is 2.21. The quantitative estimate of drug-likeness (QED) is 0.745. The van der Waals surface area contributed by atoms with Crippen LogP contribution in [0, 0.1) is 5.41 Å². The number of hydrogen-bond acceptors (Lipinski definition) is 6. The van der Waals surface area contributed by atoms with Crippen LogP contribution in [0.2, 0.25) is 0 Å². The number of nitrogens with zero attached hydrogens (tertiary/aromatic N) is 4. The Hall–Kier alpha value is -2.41. The first-order valence-corrected chi connectivity index (χ1v) is 7.98. The first-order valence-electron chi connectivity index (χ1n) is 7.98. The summed E-state index contributed by atoms with van der Waals surface area (Å²) in [5, 5.41) is 18.2. The lowest BCUT2D eigenvalue weighted by Gasteiger charge is -2.23. The van der Waals surface area contributed by atoms with Crippen LogP contribution in [0.15, 0.2) is 30.6 Å². The first-order chi connectivity index (χ1) is 11.5. The molecule has 0 aliphatic heterocycles. The van der Waals surface area contributed by atoms with Crippen LogP contribution in [0.4, 0.5) is 0 Å². The zero-order valence-corrected chi connectivity index (χ0v) is 14.3. The van der Waals surface area contributed by atoms with Gasteiger partial charge in [-0.2, -0.15) is 0 Å². The van der Waals surface area contributed by atoms with Crippen LogP contribution in [-0.4, -0.2) is 39.5 Å². The van der Waals surface area contributed by atoms with Gasteiger partial charge in [0.1, 0.15) is 0 Å². The molecule has 0 unspecified atom stereocenters. The summed E-state index contributed by atoms with van der Waals surface area (Å²) in [6, 6.07) is 7.64. The fourth-order valence-electron chi connectivity index (χ4n) is 2.10. The monoisotopic (exact) mass is 329 g/mol. The van der Waals surface area contributed by atoms with Crippen molar-refractivity contribution in [2.45, 2.75) is 33.7 Å². The van der Waals surface area contributed by atoms with Gasteiger partial charge in [-0.1, -0.05) is 38.1 Å². The van der Waals surface area contributed by atoms with E-state index in [0.29, 0.717) is 32.0 Å². The minimum atomic E-state index is -0.454. The normalized spacial score (nSPS) is 11.3. The van der Waals surface area contributed by atoms with Crippen molar-refractivity contribution in [3.05, 3.63) is 36.2 Å². The molecule has 0 aliphatic carbocycles. The summed E-state index contributed by atoms with van der Waals surface area (Å²) in [6.45, 7) is 7.53. The number of nitrogens with one attached hydrogen (secondary N) is 1. The predicted octanol–water partition coefficient (Wildman–Crippen LogP) is 2.00. The van der Waals surface area contributed by atoms with Gasteiger partial charge in [0.25, 0.3) is 0 Å². The van der Waals surface area contributed by atoms with Crippen molar-refractivity contribution in [2.24, 2.45) is 5.41 Å². The van der Waals surface area contributed by atoms with E-state index in [0.717, 1.165) is 11.1 Å². The Morgan fingerprint density at radius 3 is 2.46 bits per heavy atom. The largest absolute Gasteiger partial charge is 0.382 e. The molecule has 1 heterocycles. The van der Waals surface area contributed by atoms with Crippen LogP contribution in [0.1, 0.15) is 32.8 Å². The van der Waals surface area contributed by atoms with E-state index < -0.39 is 5.41 Å². The van der Waals surface area contributed by atoms with E-state index in [1.807, 2.05) is 45.0 Å². The Morgan fingerprint density at radius 1 is 1.17 bits per heavy atom. The smallest absolute Gasteiger partial charge is 0.226 e. The molecule has 1 N–H and O–H groups in total. The second-order valence-electron chi connectivity index (χ2n) is 6.08. The Labute approximate surface area is 141 Å². The fraction of sp³-hybridized carbons (Fsp3) is 0.471. The molecular weight excluding hydrogens is 306 g/mol. The summed E-state index contributed by atoms with van der Waals surface area (Å²) in [5.41, 5.74) is 1.39. The van der Waals surface area contributed by atoms with Gasteiger partial charge in [0, 0.05) is 30.7 Å². The van der Waals surface area contributed by atoms with Gasteiger partial charge in [-0.3, -0.25) is 4.79 Å². The highest BCUT2D eigenvalue weighted by atomic mass is 16.5. The maximum atomic E-state index is 12.3. The van der Waals surface area contributed by atoms with Gasteiger partial charge in [0.15, 0.2) is 6.33 Å². The molecule has 0 fully saturated rings. The average molecular weight is 329 g/mol. The van der Waals surface area contributed by atoms with E-state index in [2.05, 4.69) is 25.7 Å². The Bertz CT molecular complexity index is 644. The Kier molecular flexibility index (Phi) is 6.31. The molecule has 7 heteroatoms. The molecular formula is C17H23N5O2. The van der Waals surface area contributed by atoms with Crippen LogP contribution < -0.4 is 5.32 Å². The van der Waals surface area contributed by atoms with Crippen LogP contribution in [-0.2, 0) is 16.1 Å². The van der Waals surface area contributed by atoms with Crippen molar-refractivity contribution in [3.63, 3.8) is 0 Å². The minimum Gasteiger partial charge on any atom is -0.382 e. The molecule has 0 spiro atoms. The summed E-state index contributed by atoms with van der Waals surface area (Å²) in [5.74, 6) is 0.496. The molecule has 128 valence electrons. The SMILES string of the molecule is CCOCCC(C)(C)C(=O)NCc1ccc(-c2nncnn2)cc1. The zero-order valence-electron chi connectivity index (χ0n) is 14.3.